The molecular weight excluding hydrogens is 530 g/mol. The van der Waals surface area contributed by atoms with Crippen LogP contribution in [0.5, 0.6) is 0 Å². The second-order valence-corrected chi connectivity index (χ2v) is 10.0. The molecule has 0 radical (unpaired) electrons. The Morgan fingerprint density at radius 1 is 1.14 bits per heavy atom. The van der Waals surface area contributed by atoms with Gasteiger partial charge in [0.25, 0.3) is 0 Å². The maximum Gasteiger partial charge on any atom is 0.247 e. The summed E-state index contributed by atoms with van der Waals surface area (Å²) < 4.78 is 1.94. The highest BCUT2D eigenvalue weighted by Crippen LogP contribution is 2.34. The third-order valence-corrected chi connectivity index (χ3v) is 7.43. The zero-order valence-corrected chi connectivity index (χ0v) is 23.5. The summed E-state index contributed by atoms with van der Waals surface area (Å²) >= 11 is 0. The molecule has 4 N–H and O–H groups in total. The number of nitriles is 1. The number of piperazine rings is 1. The number of aromatic nitrogens is 3. The summed E-state index contributed by atoms with van der Waals surface area (Å²) in [6.07, 6.45) is 4.76. The molecule has 5 rings (SSSR count). The fraction of sp³-hybridized carbons (Fsp3) is 0.258. The Bertz CT molecular complexity index is 1680. The lowest BCUT2D eigenvalue weighted by Gasteiger charge is -2.35. The summed E-state index contributed by atoms with van der Waals surface area (Å²) in [5.74, 6) is -0.471. The van der Waals surface area contributed by atoms with Crippen molar-refractivity contribution < 1.29 is 9.59 Å². The molecular formula is C31H33N9O2. The van der Waals surface area contributed by atoms with Crippen LogP contribution in [-0.4, -0.2) is 64.0 Å². The van der Waals surface area contributed by atoms with Crippen molar-refractivity contribution in [3.8, 4) is 17.3 Å². The zero-order chi connectivity index (χ0) is 29.6. The highest BCUT2D eigenvalue weighted by molar-refractivity contribution is 6.02. The molecule has 0 aliphatic carbocycles. The van der Waals surface area contributed by atoms with E-state index in [1.54, 1.807) is 0 Å². The Kier molecular flexibility index (Phi) is 8.45. The Morgan fingerprint density at radius 3 is 2.64 bits per heavy atom. The molecule has 0 bridgehead atoms. The number of benzene rings is 2. The Hall–Kier alpha value is -5.21. The molecule has 0 unspecified atom stereocenters. The number of amides is 2. The van der Waals surface area contributed by atoms with Gasteiger partial charge in [-0.1, -0.05) is 31.7 Å². The van der Waals surface area contributed by atoms with Crippen LogP contribution in [0.4, 0.5) is 23.0 Å². The SMILES string of the molecule is C=CC(=O)Nc1cc(N2CCN(CC)CC2)ccc1Nc1ncc(C#N)c(-c2cn(CCC(N)=O)c3ccccc23)n1. The number of nitrogens with zero attached hydrogens (tertiary/aromatic N) is 6. The van der Waals surface area contributed by atoms with Crippen molar-refractivity contribution in [1.29, 1.82) is 5.26 Å². The summed E-state index contributed by atoms with van der Waals surface area (Å²) in [5.41, 5.74) is 9.95. The van der Waals surface area contributed by atoms with Gasteiger partial charge in [0.2, 0.25) is 17.8 Å². The normalized spacial score (nSPS) is 13.5. The predicted octanol–water partition coefficient (Wildman–Crippen LogP) is 3.86. The van der Waals surface area contributed by atoms with Gasteiger partial charge in [-0.2, -0.15) is 5.26 Å². The van der Waals surface area contributed by atoms with E-state index in [0.717, 1.165) is 54.9 Å². The van der Waals surface area contributed by atoms with E-state index >= 15 is 0 Å². The number of para-hydroxylation sites is 1. The van der Waals surface area contributed by atoms with Crippen molar-refractivity contribution in [2.24, 2.45) is 5.73 Å². The van der Waals surface area contributed by atoms with Crippen molar-refractivity contribution >= 4 is 45.7 Å². The van der Waals surface area contributed by atoms with Gasteiger partial charge in [0.15, 0.2) is 0 Å². The van der Waals surface area contributed by atoms with Crippen LogP contribution in [0.15, 0.2) is 67.5 Å². The molecule has 4 aromatic rings. The Morgan fingerprint density at radius 2 is 1.93 bits per heavy atom. The van der Waals surface area contributed by atoms with E-state index in [9.17, 15) is 14.9 Å². The second kappa shape index (κ2) is 12.5. The second-order valence-electron chi connectivity index (χ2n) is 10.0. The third-order valence-electron chi connectivity index (χ3n) is 7.43. The molecule has 1 saturated heterocycles. The minimum absolute atomic E-state index is 0.184. The van der Waals surface area contributed by atoms with Crippen molar-refractivity contribution in [3.05, 3.63) is 73.1 Å². The maximum atomic E-state index is 12.3. The van der Waals surface area contributed by atoms with E-state index in [1.807, 2.05) is 53.2 Å². The summed E-state index contributed by atoms with van der Waals surface area (Å²) in [6.45, 7) is 10.9. The highest BCUT2D eigenvalue weighted by Gasteiger charge is 2.20. The molecule has 2 aromatic heterocycles. The zero-order valence-electron chi connectivity index (χ0n) is 23.5. The molecule has 214 valence electrons. The molecule has 2 aromatic carbocycles. The lowest BCUT2D eigenvalue weighted by molar-refractivity contribution is -0.118. The van der Waals surface area contributed by atoms with Gasteiger partial charge in [-0.25, -0.2) is 9.97 Å². The molecule has 1 fully saturated rings. The fourth-order valence-corrected chi connectivity index (χ4v) is 5.15. The standard InChI is InChI=1S/C31H33N9O2/c1-3-29(42)35-26-17-22(39-15-13-38(4-2)14-16-39)9-10-25(26)36-31-34-19-21(18-32)30(37-31)24-20-40(12-11-28(33)41)27-8-6-5-7-23(24)27/h3,5-10,17,19-20H,1,4,11-16H2,2H3,(H2,33,41)(H,35,42)(H,34,36,37). The number of anilines is 4. The van der Waals surface area contributed by atoms with E-state index in [1.165, 1.54) is 12.3 Å². The number of nitrogens with one attached hydrogen (secondary N) is 2. The average Bonchev–Trinajstić information content (AvgIpc) is 3.39. The smallest absolute Gasteiger partial charge is 0.247 e. The van der Waals surface area contributed by atoms with Gasteiger partial charge >= 0.3 is 0 Å². The van der Waals surface area contributed by atoms with Gasteiger partial charge in [0.05, 0.1) is 28.8 Å². The summed E-state index contributed by atoms with van der Waals surface area (Å²) in [6, 6.07) is 15.7. The number of fused-ring (bicyclic) bond motifs is 1. The van der Waals surface area contributed by atoms with Crippen molar-refractivity contribution in [2.45, 2.75) is 19.9 Å². The van der Waals surface area contributed by atoms with E-state index in [2.05, 4.69) is 45.0 Å². The summed E-state index contributed by atoms with van der Waals surface area (Å²) in [4.78, 5) is 37.6. The summed E-state index contributed by atoms with van der Waals surface area (Å²) in [5, 5.41) is 16.9. The quantitative estimate of drug-likeness (QED) is 0.247. The third kappa shape index (κ3) is 6.09. The lowest BCUT2D eigenvalue weighted by Crippen LogP contribution is -2.46. The first kappa shape index (κ1) is 28.3. The fourth-order valence-electron chi connectivity index (χ4n) is 5.15. The van der Waals surface area contributed by atoms with Crippen LogP contribution in [0, 0.1) is 11.3 Å². The highest BCUT2D eigenvalue weighted by atomic mass is 16.1. The van der Waals surface area contributed by atoms with Gasteiger partial charge in [-0.3, -0.25) is 9.59 Å². The van der Waals surface area contributed by atoms with E-state index in [4.69, 9.17) is 10.7 Å². The van der Waals surface area contributed by atoms with E-state index in [-0.39, 0.29) is 18.3 Å². The van der Waals surface area contributed by atoms with Crippen LogP contribution in [-0.2, 0) is 16.1 Å². The number of primary amides is 1. The molecule has 42 heavy (non-hydrogen) atoms. The number of aryl methyl sites for hydroxylation is 1. The molecule has 0 spiro atoms. The summed E-state index contributed by atoms with van der Waals surface area (Å²) in [7, 11) is 0. The lowest BCUT2D eigenvalue weighted by atomic mass is 10.1. The number of carbonyl (C=O) groups is 2. The van der Waals surface area contributed by atoms with Gasteiger partial charge in [0, 0.05) is 67.5 Å². The maximum absolute atomic E-state index is 12.3. The molecule has 1 aliphatic heterocycles. The molecule has 2 amide bonds. The van der Waals surface area contributed by atoms with Gasteiger partial charge < -0.3 is 30.7 Å². The first-order valence-electron chi connectivity index (χ1n) is 13.9. The van der Waals surface area contributed by atoms with Crippen LogP contribution < -0.4 is 21.3 Å². The molecule has 0 atom stereocenters. The first-order chi connectivity index (χ1) is 20.4. The van der Waals surface area contributed by atoms with Crippen molar-refractivity contribution in [2.75, 3.05) is 48.3 Å². The van der Waals surface area contributed by atoms with Crippen LogP contribution in [0.2, 0.25) is 0 Å². The average molecular weight is 564 g/mol. The van der Waals surface area contributed by atoms with Crippen LogP contribution in [0.3, 0.4) is 0 Å². The van der Waals surface area contributed by atoms with Gasteiger partial charge in [-0.15, -0.1) is 0 Å². The number of hydrogen-bond donors (Lipinski definition) is 3. The van der Waals surface area contributed by atoms with Crippen molar-refractivity contribution in [1.82, 2.24) is 19.4 Å². The van der Waals surface area contributed by atoms with Crippen LogP contribution >= 0.6 is 0 Å². The molecule has 1 aliphatic rings. The minimum atomic E-state index is -0.394. The number of hydrogen-bond acceptors (Lipinski definition) is 8. The number of likely N-dealkylation sites (N-methyl/N-ethyl adjacent to an activating group) is 1. The monoisotopic (exact) mass is 563 g/mol. The van der Waals surface area contributed by atoms with E-state index in [0.29, 0.717) is 29.2 Å². The molecule has 3 heterocycles. The first-order valence-corrected chi connectivity index (χ1v) is 13.9. The predicted molar refractivity (Wildman–Crippen MR) is 164 cm³/mol. The van der Waals surface area contributed by atoms with Gasteiger partial charge in [-0.05, 0) is 36.9 Å². The number of rotatable bonds is 10. The largest absolute Gasteiger partial charge is 0.370 e. The molecule has 11 nitrogen and oxygen atoms in total. The van der Waals surface area contributed by atoms with Crippen LogP contribution in [0.1, 0.15) is 18.9 Å². The van der Waals surface area contributed by atoms with Crippen LogP contribution in [0.25, 0.3) is 22.2 Å². The number of nitrogens with two attached hydrogens (primary N) is 1. The van der Waals surface area contributed by atoms with E-state index < -0.39 is 5.91 Å². The number of carbonyl (C=O) groups excluding carboxylic acids is 2. The van der Waals surface area contributed by atoms with Gasteiger partial charge in [0.1, 0.15) is 6.07 Å². The molecule has 11 heteroatoms. The van der Waals surface area contributed by atoms with Crippen molar-refractivity contribution in [3.63, 3.8) is 0 Å². The Balaban J connectivity index is 1.50. The minimum Gasteiger partial charge on any atom is -0.370 e. The topological polar surface area (TPSA) is 145 Å². The Labute approximate surface area is 244 Å². The molecule has 0 saturated carbocycles.